The normalized spacial score (nSPS) is 10.7. The molecule has 1 heterocycles. The second-order valence-corrected chi connectivity index (χ2v) is 5.53. The monoisotopic (exact) mass is 323 g/mol. The van der Waals surface area contributed by atoms with Crippen LogP contribution in [0.5, 0.6) is 0 Å². The molecule has 1 amide bonds. The van der Waals surface area contributed by atoms with Crippen molar-refractivity contribution in [3.8, 4) is 0 Å². The number of rotatable bonds is 4. The van der Waals surface area contributed by atoms with Crippen molar-refractivity contribution in [1.82, 2.24) is 9.97 Å². The van der Waals surface area contributed by atoms with Gasteiger partial charge in [-0.05, 0) is 36.2 Å². The lowest BCUT2D eigenvalue weighted by atomic mass is 10.1. The van der Waals surface area contributed by atoms with Gasteiger partial charge in [0.2, 0.25) is 0 Å². The summed E-state index contributed by atoms with van der Waals surface area (Å²) in [5.74, 6) is -0.271. The van der Waals surface area contributed by atoms with Gasteiger partial charge in [-0.15, -0.1) is 0 Å². The molecule has 0 unspecified atom stereocenters. The minimum Gasteiger partial charge on any atom is -0.322 e. The van der Waals surface area contributed by atoms with Crippen LogP contribution in [0, 0.1) is 0 Å². The van der Waals surface area contributed by atoms with Gasteiger partial charge < -0.3 is 15.3 Å². The van der Waals surface area contributed by atoms with E-state index < -0.39 is 11.1 Å². The van der Waals surface area contributed by atoms with Crippen molar-refractivity contribution in [3.05, 3.63) is 74.3 Å². The molecule has 3 N–H and O–H groups in total. The van der Waals surface area contributed by atoms with E-state index in [2.05, 4.69) is 22.2 Å². The predicted octanol–water partition coefficient (Wildman–Crippen LogP) is 2.42. The third kappa shape index (κ3) is 3.12. The second-order valence-electron chi connectivity index (χ2n) is 5.53. The summed E-state index contributed by atoms with van der Waals surface area (Å²) in [5.41, 5.74) is 1.68. The largest absolute Gasteiger partial charge is 0.322 e. The summed E-state index contributed by atoms with van der Waals surface area (Å²) in [6.07, 6.45) is 1.86. The summed E-state index contributed by atoms with van der Waals surface area (Å²) in [4.78, 5) is 40.2. The molecule has 0 aliphatic carbocycles. The Balaban J connectivity index is 1.93. The fraction of sp³-hybridized carbons (Fsp3) is 0.167. The zero-order chi connectivity index (χ0) is 17.1. The lowest BCUT2D eigenvalue weighted by Gasteiger charge is -2.10. The molecule has 1 aromatic heterocycles. The van der Waals surface area contributed by atoms with Gasteiger partial charge in [0.1, 0.15) is 0 Å². The topological polar surface area (TPSA) is 94.8 Å². The van der Waals surface area contributed by atoms with E-state index in [0.717, 1.165) is 24.1 Å². The summed E-state index contributed by atoms with van der Waals surface area (Å²) in [7, 11) is 0. The van der Waals surface area contributed by atoms with Crippen LogP contribution < -0.4 is 16.4 Å². The van der Waals surface area contributed by atoms with E-state index in [1.54, 1.807) is 18.2 Å². The molecule has 122 valence electrons. The number of hydrogen-bond acceptors (Lipinski definition) is 3. The molecular formula is C18H17N3O3. The van der Waals surface area contributed by atoms with E-state index in [9.17, 15) is 14.4 Å². The first-order valence-corrected chi connectivity index (χ1v) is 7.74. The van der Waals surface area contributed by atoms with Crippen molar-refractivity contribution in [1.29, 1.82) is 0 Å². The molecule has 0 saturated carbocycles. The van der Waals surface area contributed by atoms with E-state index in [1.807, 2.05) is 24.3 Å². The molecule has 0 bridgehead atoms. The van der Waals surface area contributed by atoms with Crippen molar-refractivity contribution in [2.45, 2.75) is 19.8 Å². The fourth-order valence-electron chi connectivity index (χ4n) is 2.58. The third-order valence-corrected chi connectivity index (χ3v) is 3.77. The first kappa shape index (κ1) is 15.7. The maximum absolute atomic E-state index is 12.5. The standard InChI is InChI=1S/C18H17N3O3/c1-2-5-11-6-3-4-7-13(11)19-16(22)12-8-9-14-15(10-12)21-18(24)17(23)20-14/h3-4,6-10H,2,5H2,1H3,(H,19,22)(H,20,23)(H,21,24). The van der Waals surface area contributed by atoms with Crippen LogP contribution in [0.25, 0.3) is 11.0 Å². The number of benzene rings is 2. The lowest BCUT2D eigenvalue weighted by Crippen LogP contribution is -2.29. The molecule has 3 aromatic rings. The number of hydrogen-bond donors (Lipinski definition) is 3. The number of H-pyrrole nitrogens is 2. The van der Waals surface area contributed by atoms with Gasteiger partial charge in [-0.25, -0.2) is 0 Å². The Bertz CT molecular complexity index is 1020. The summed E-state index contributed by atoms with van der Waals surface area (Å²) in [5, 5.41) is 2.90. The highest BCUT2D eigenvalue weighted by atomic mass is 16.2. The molecule has 0 spiro atoms. The highest BCUT2D eigenvalue weighted by molar-refractivity contribution is 6.06. The molecule has 6 heteroatoms. The predicted molar refractivity (Wildman–Crippen MR) is 93.6 cm³/mol. The molecule has 0 aliphatic heterocycles. The molecule has 0 aliphatic rings. The smallest absolute Gasteiger partial charge is 0.314 e. The Morgan fingerprint density at radius 3 is 2.46 bits per heavy atom. The Morgan fingerprint density at radius 2 is 1.71 bits per heavy atom. The summed E-state index contributed by atoms with van der Waals surface area (Å²) in [6.45, 7) is 2.08. The molecule has 0 radical (unpaired) electrons. The van der Waals surface area contributed by atoms with Crippen LogP contribution in [0.1, 0.15) is 29.3 Å². The van der Waals surface area contributed by atoms with Crippen molar-refractivity contribution >= 4 is 22.6 Å². The maximum Gasteiger partial charge on any atom is 0.314 e. The van der Waals surface area contributed by atoms with E-state index in [-0.39, 0.29) is 5.91 Å². The van der Waals surface area contributed by atoms with E-state index in [0.29, 0.717) is 16.6 Å². The van der Waals surface area contributed by atoms with Crippen LogP contribution in [0.15, 0.2) is 52.1 Å². The second kappa shape index (κ2) is 6.54. The number of anilines is 1. The molecule has 0 fully saturated rings. The zero-order valence-corrected chi connectivity index (χ0v) is 13.2. The molecule has 0 saturated heterocycles. The quantitative estimate of drug-likeness (QED) is 0.644. The number of carbonyl (C=O) groups is 1. The van der Waals surface area contributed by atoms with Crippen molar-refractivity contribution < 1.29 is 4.79 Å². The third-order valence-electron chi connectivity index (χ3n) is 3.77. The van der Waals surface area contributed by atoms with Gasteiger partial charge in [0, 0.05) is 11.3 Å². The highest BCUT2D eigenvalue weighted by Crippen LogP contribution is 2.18. The number of aromatic nitrogens is 2. The van der Waals surface area contributed by atoms with Gasteiger partial charge in [0.25, 0.3) is 5.91 Å². The van der Waals surface area contributed by atoms with E-state index >= 15 is 0 Å². The van der Waals surface area contributed by atoms with Gasteiger partial charge in [-0.2, -0.15) is 0 Å². The Labute approximate surface area is 137 Å². The number of nitrogens with one attached hydrogen (secondary N) is 3. The van der Waals surface area contributed by atoms with Crippen molar-refractivity contribution in [2.24, 2.45) is 0 Å². The van der Waals surface area contributed by atoms with Gasteiger partial charge in [-0.3, -0.25) is 14.4 Å². The van der Waals surface area contributed by atoms with Gasteiger partial charge in [0.05, 0.1) is 11.0 Å². The zero-order valence-electron chi connectivity index (χ0n) is 13.2. The van der Waals surface area contributed by atoms with Crippen molar-refractivity contribution in [2.75, 3.05) is 5.32 Å². The summed E-state index contributed by atoms with van der Waals surface area (Å²) in [6, 6.07) is 12.4. The Morgan fingerprint density at radius 1 is 1.00 bits per heavy atom. The van der Waals surface area contributed by atoms with Crippen LogP contribution in [-0.2, 0) is 6.42 Å². The van der Waals surface area contributed by atoms with Gasteiger partial charge in [-0.1, -0.05) is 31.5 Å². The van der Waals surface area contributed by atoms with Crippen LogP contribution in [0.3, 0.4) is 0 Å². The SMILES string of the molecule is CCCc1ccccc1NC(=O)c1ccc2[nH]c(=O)c(=O)[nH]c2c1. The first-order chi connectivity index (χ1) is 11.6. The van der Waals surface area contributed by atoms with Gasteiger partial charge >= 0.3 is 11.1 Å². The summed E-state index contributed by atoms with van der Waals surface area (Å²) >= 11 is 0. The molecular weight excluding hydrogens is 306 g/mol. The minimum atomic E-state index is -0.742. The lowest BCUT2D eigenvalue weighted by molar-refractivity contribution is 0.102. The average molecular weight is 323 g/mol. The van der Waals surface area contributed by atoms with Crippen LogP contribution >= 0.6 is 0 Å². The number of aromatic amines is 2. The number of aryl methyl sites for hydroxylation is 1. The molecule has 6 nitrogen and oxygen atoms in total. The molecule has 24 heavy (non-hydrogen) atoms. The number of para-hydroxylation sites is 1. The molecule has 3 rings (SSSR count). The summed E-state index contributed by atoms with van der Waals surface area (Å²) < 4.78 is 0. The number of carbonyl (C=O) groups excluding carboxylic acids is 1. The first-order valence-electron chi connectivity index (χ1n) is 7.74. The van der Waals surface area contributed by atoms with E-state index in [1.165, 1.54) is 0 Å². The minimum absolute atomic E-state index is 0.271. The number of amides is 1. The highest BCUT2D eigenvalue weighted by Gasteiger charge is 2.10. The van der Waals surface area contributed by atoms with Crippen molar-refractivity contribution in [3.63, 3.8) is 0 Å². The Hall–Kier alpha value is -3.15. The van der Waals surface area contributed by atoms with E-state index in [4.69, 9.17) is 0 Å². The molecule has 0 atom stereocenters. The Kier molecular flexibility index (Phi) is 4.29. The average Bonchev–Trinajstić information content (AvgIpc) is 2.57. The van der Waals surface area contributed by atoms with Gasteiger partial charge in [0.15, 0.2) is 0 Å². The number of fused-ring (bicyclic) bond motifs is 1. The van der Waals surface area contributed by atoms with Crippen LogP contribution in [0.4, 0.5) is 5.69 Å². The van der Waals surface area contributed by atoms with Crippen LogP contribution in [0.2, 0.25) is 0 Å². The van der Waals surface area contributed by atoms with Crippen LogP contribution in [-0.4, -0.2) is 15.9 Å². The maximum atomic E-state index is 12.5. The molecule has 2 aromatic carbocycles. The fourth-order valence-corrected chi connectivity index (χ4v) is 2.58.